The summed E-state index contributed by atoms with van der Waals surface area (Å²) in [5, 5.41) is 12.1. The van der Waals surface area contributed by atoms with Gasteiger partial charge in [-0.1, -0.05) is 0 Å². The van der Waals surface area contributed by atoms with Gasteiger partial charge in [-0.15, -0.1) is 0 Å². The maximum Gasteiger partial charge on any atom is 0.257 e. The van der Waals surface area contributed by atoms with Gasteiger partial charge < -0.3 is 20.9 Å². The number of phenols is 1. The van der Waals surface area contributed by atoms with E-state index in [-0.39, 0.29) is 11.3 Å². The maximum absolute atomic E-state index is 12.2. The SMILES string of the molecule is COc1ccc(Br)c(NC(=O)c2cc(O)ccc2N)c1. The Morgan fingerprint density at radius 1 is 1.30 bits per heavy atom. The molecule has 0 spiro atoms. The number of halogens is 1. The number of rotatable bonds is 3. The lowest BCUT2D eigenvalue weighted by Crippen LogP contribution is -2.14. The number of ether oxygens (including phenoxy) is 1. The third-order valence-corrected chi connectivity index (χ3v) is 3.39. The van der Waals surface area contributed by atoms with E-state index in [0.717, 1.165) is 0 Å². The first kappa shape index (κ1) is 14.2. The molecule has 0 radical (unpaired) electrons. The molecule has 2 aromatic carbocycles. The fraction of sp³-hybridized carbons (Fsp3) is 0.0714. The Labute approximate surface area is 124 Å². The van der Waals surface area contributed by atoms with Gasteiger partial charge in [0.2, 0.25) is 0 Å². The van der Waals surface area contributed by atoms with E-state index in [4.69, 9.17) is 10.5 Å². The summed E-state index contributed by atoms with van der Waals surface area (Å²) in [7, 11) is 1.54. The summed E-state index contributed by atoms with van der Waals surface area (Å²) in [6.07, 6.45) is 0. The molecule has 0 heterocycles. The van der Waals surface area contributed by atoms with Gasteiger partial charge in [-0.2, -0.15) is 0 Å². The number of nitrogens with two attached hydrogens (primary N) is 1. The van der Waals surface area contributed by atoms with E-state index in [1.807, 2.05) is 0 Å². The Kier molecular flexibility index (Phi) is 4.14. The van der Waals surface area contributed by atoms with Crippen LogP contribution in [0.25, 0.3) is 0 Å². The number of methoxy groups -OCH3 is 1. The van der Waals surface area contributed by atoms with E-state index in [2.05, 4.69) is 21.2 Å². The van der Waals surface area contributed by atoms with E-state index in [1.165, 1.54) is 18.2 Å². The van der Waals surface area contributed by atoms with Gasteiger partial charge in [-0.3, -0.25) is 4.79 Å². The summed E-state index contributed by atoms with van der Waals surface area (Å²) >= 11 is 3.34. The Morgan fingerprint density at radius 3 is 2.75 bits per heavy atom. The number of nitrogen functional groups attached to an aromatic ring is 1. The second-order valence-corrected chi connectivity index (χ2v) is 4.93. The molecule has 2 rings (SSSR count). The van der Waals surface area contributed by atoms with Gasteiger partial charge in [0.15, 0.2) is 0 Å². The third-order valence-electron chi connectivity index (χ3n) is 2.70. The van der Waals surface area contributed by atoms with Crippen LogP contribution in [0.3, 0.4) is 0 Å². The largest absolute Gasteiger partial charge is 0.508 e. The van der Waals surface area contributed by atoms with Crippen molar-refractivity contribution in [1.82, 2.24) is 0 Å². The van der Waals surface area contributed by atoms with Gasteiger partial charge in [0.05, 0.1) is 18.4 Å². The maximum atomic E-state index is 12.2. The Bertz CT molecular complexity index is 659. The molecule has 0 bridgehead atoms. The first-order valence-electron chi connectivity index (χ1n) is 5.74. The molecule has 0 aliphatic carbocycles. The predicted octanol–water partition coefficient (Wildman–Crippen LogP) is 3.00. The minimum absolute atomic E-state index is 0.0194. The number of phenolic OH excluding ortho intramolecular Hbond substituents is 1. The van der Waals surface area contributed by atoms with Crippen LogP contribution < -0.4 is 15.8 Å². The number of nitrogens with one attached hydrogen (secondary N) is 1. The number of anilines is 2. The number of hydrogen-bond donors (Lipinski definition) is 3. The molecule has 6 heteroatoms. The third kappa shape index (κ3) is 3.03. The molecule has 1 amide bonds. The predicted molar refractivity (Wildman–Crippen MR) is 81.2 cm³/mol. The molecule has 0 saturated heterocycles. The van der Waals surface area contributed by atoms with Crippen LogP contribution in [0.15, 0.2) is 40.9 Å². The Hall–Kier alpha value is -2.21. The zero-order valence-electron chi connectivity index (χ0n) is 10.7. The smallest absolute Gasteiger partial charge is 0.257 e. The molecule has 5 nitrogen and oxygen atoms in total. The molecule has 104 valence electrons. The Balaban J connectivity index is 2.30. The molecular formula is C14H13BrN2O3. The van der Waals surface area contributed by atoms with E-state index >= 15 is 0 Å². The lowest BCUT2D eigenvalue weighted by Gasteiger charge is -2.11. The molecule has 0 aliphatic heterocycles. The van der Waals surface area contributed by atoms with Crippen LogP contribution in [0.2, 0.25) is 0 Å². The second-order valence-electron chi connectivity index (χ2n) is 4.07. The van der Waals surface area contributed by atoms with Gasteiger partial charge in [0, 0.05) is 16.2 Å². The highest BCUT2D eigenvalue weighted by Gasteiger charge is 2.13. The van der Waals surface area contributed by atoms with Crippen molar-refractivity contribution in [1.29, 1.82) is 0 Å². The average Bonchev–Trinajstić information content (AvgIpc) is 2.43. The fourth-order valence-corrected chi connectivity index (χ4v) is 2.00. The molecular weight excluding hydrogens is 324 g/mol. The molecule has 2 aromatic rings. The summed E-state index contributed by atoms with van der Waals surface area (Å²) in [6, 6.07) is 9.43. The summed E-state index contributed by atoms with van der Waals surface area (Å²) in [6.45, 7) is 0. The highest BCUT2D eigenvalue weighted by atomic mass is 79.9. The lowest BCUT2D eigenvalue weighted by molar-refractivity contribution is 0.102. The van der Waals surface area contributed by atoms with Crippen LogP contribution in [0.4, 0.5) is 11.4 Å². The van der Waals surface area contributed by atoms with Crippen molar-refractivity contribution in [3.05, 3.63) is 46.4 Å². The van der Waals surface area contributed by atoms with E-state index in [1.54, 1.807) is 25.3 Å². The number of amides is 1. The van der Waals surface area contributed by atoms with E-state index < -0.39 is 5.91 Å². The van der Waals surface area contributed by atoms with Crippen molar-refractivity contribution in [2.75, 3.05) is 18.2 Å². The average molecular weight is 337 g/mol. The summed E-state index contributed by atoms with van der Waals surface area (Å²) < 4.78 is 5.82. The Morgan fingerprint density at radius 2 is 2.05 bits per heavy atom. The van der Waals surface area contributed by atoms with Gasteiger partial charge in [-0.05, 0) is 46.3 Å². The van der Waals surface area contributed by atoms with E-state index in [0.29, 0.717) is 21.6 Å². The van der Waals surface area contributed by atoms with Crippen LogP contribution >= 0.6 is 15.9 Å². The number of hydrogen-bond acceptors (Lipinski definition) is 4. The van der Waals surface area contributed by atoms with Gasteiger partial charge in [0.25, 0.3) is 5.91 Å². The summed E-state index contributed by atoms with van der Waals surface area (Å²) in [4.78, 5) is 12.2. The molecule has 0 unspecified atom stereocenters. The number of benzene rings is 2. The van der Waals surface area contributed by atoms with Crippen molar-refractivity contribution < 1.29 is 14.6 Å². The zero-order chi connectivity index (χ0) is 14.7. The van der Waals surface area contributed by atoms with Crippen molar-refractivity contribution >= 4 is 33.2 Å². The minimum atomic E-state index is -0.410. The first-order chi connectivity index (χ1) is 9.51. The zero-order valence-corrected chi connectivity index (χ0v) is 12.3. The number of aromatic hydroxyl groups is 1. The molecule has 0 fully saturated rings. The van der Waals surface area contributed by atoms with Crippen molar-refractivity contribution in [3.8, 4) is 11.5 Å². The van der Waals surface area contributed by atoms with Gasteiger partial charge >= 0.3 is 0 Å². The van der Waals surface area contributed by atoms with Crippen LogP contribution in [0, 0.1) is 0 Å². The lowest BCUT2D eigenvalue weighted by atomic mass is 10.1. The van der Waals surface area contributed by atoms with E-state index in [9.17, 15) is 9.90 Å². The standard InChI is InChI=1S/C14H13BrN2O3/c1-20-9-3-4-11(15)13(7-9)17-14(19)10-6-8(18)2-5-12(10)16/h2-7,18H,16H2,1H3,(H,17,19). The topological polar surface area (TPSA) is 84.6 Å². The normalized spacial score (nSPS) is 10.1. The highest BCUT2D eigenvalue weighted by molar-refractivity contribution is 9.10. The van der Waals surface area contributed by atoms with Crippen molar-refractivity contribution in [2.45, 2.75) is 0 Å². The minimum Gasteiger partial charge on any atom is -0.508 e. The first-order valence-corrected chi connectivity index (χ1v) is 6.54. The van der Waals surface area contributed by atoms with Crippen LogP contribution in [-0.4, -0.2) is 18.1 Å². The van der Waals surface area contributed by atoms with Crippen LogP contribution in [0.5, 0.6) is 11.5 Å². The molecule has 0 saturated carbocycles. The van der Waals surface area contributed by atoms with Crippen LogP contribution in [0.1, 0.15) is 10.4 Å². The van der Waals surface area contributed by atoms with Crippen LogP contribution in [-0.2, 0) is 0 Å². The summed E-state index contributed by atoms with van der Waals surface area (Å²) in [5.41, 5.74) is 6.78. The molecule has 0 atom stereocenters. The molecule has 20 heavy (non-hydrogen) atoms. The molecule has 4 N–H and O–H groups in total. The van der Waals surface area contributed by atoms with Gasteiger partial charge in [-0.25, -0.2) is 0 Å². The molecule has 0 aromatic heterocycles. The monoisotopic (exact) mass is 336 g/mol. The quantitative estimate of drug-likeness (QED) is 0.594. The highest BCUT2D eigenvalue weighted by Crippen LogP contribution is 2.28. The summed E-state index contributed by atoms with van der Waals surface area (Å²) in [5.74, 6) is 0.189. The second kappa shape index (κ2) is 5.83. The number of carbonyl (C=O) groups is 1. The molecule has 0 aliphatic rings. The number of carbonyl (C=O) groups excluding carboxylic acids is 1. The fourth-order valence-electron chi connectivity index (χ4n) is 1.66. The van der Waals surface area contributed by atoms with Crippen molar-refractivity contribution in [2.24, 2.45) is 0 Å². The van der Waals surface area contributed by atoms with Gasteiger partial charge in [0.1, 0.15) is 11.5 Å². The van der Waals surface area contributed by atoms with Crippen molar-refractivity contribution in [3.63, 3.8) is 0 Å².